The van der Waals surface area contributed by atoms with Gasteiger partial charge in [0.05, 0.1) is 0 Å². The molecule has 3 N–H and O–H groups in total. The van der Waals surface area contributed by atoms with Crippen molar-refractivity contribution < 1.29 is 24.6 Å². The fourth-order valence-corrected chi connectivity index (χ4v) is 3.33. The predicted octanol–water partition coefficient (Wildman–Crippen LogP) is 1.95. The number of hydrogen-bond acceptors (Lipinski definition) is 4. The number of carbonyl (C=O) groups is 3. The minimum absolute atomic E-state index is 0.262. The first-order valence-electron chi connectivity index (χ1n) is 9.01. The van der Waals surface area contributed by atoms with Crippen molar-refractivity contribution >= 4 is 17.8 Å². The van der Waals surface area contributed by atoms with Crippen LogP contribution >= 0.6 is 0 Å². The van der Waals surface area contributed by atoms with Crippen molar-refractivity contribution in [2.75, 3.05) is 13.1 Å². The summed E-state index contributed by atoms with van der Waals surface area (Å²) in [5, 5.41) is 21.3. The van der Waals surface area contributed by atoms with Gasteiger partial charge in [-0.25, -0.2) is 0 Å². The Hall–Kier alpha value is -2.83. The van der Waals surface area contributed by atoms with Crippen LogP contribution in [0.3, 0.4) is 0 Å². The highest BCUT2D eigenvalue weighted by atomic mass is 16.4. The van der Waals surface area contributed by atoms with Gasteiger partial charge >= 0.3 is 5.97 Å². The summed E-state index contributed by atoms with van der Waals surface area (Å²) < 4.78 is 0. The molecular weight excluding hydrogens is 348 g/mol. The lowest BCUT2D eigenvalue weighted by atomic mass is 9.83. The molecule has 0 atom stereocenters. The Morgan fingerprint density at radius 1 is 1.22 bits per heavy atom. The zero-order valence-corrected chi connectivity index (χ0v) is 15.5. The normalized spacial score (nSPS) is 19.2. The molecule has 0 bridgehead atoms. The summed E-state index contributed by atoms with van der Waals surface area (Å²) in [5.41, 5.74) is 1.05. The van der Waals surface area contributed by atoms with Crippen LogP contribution in [0.2, 0.25) is 0 Å². The van der Waals surface area contributed by atoms with E-state index in [4.69, 9.17) is 5.11 Å². The van der Waals surface area contributed by atoms with Gasteiger partial charge in [0.2, 0.25) is 0 Å². The van der Waals surface area contributed by atoms with E-state index < -0.39 is 29.7 Å². The third-order valence-electron chi connectivity index (χ3n) is 4.99. The molecule has 1 fully saturated rings. The van der Waals surface area contributed by atoms with Gasteiger partial charge in [0.1, 0.15) is 17.9 Å². The summed E-state index contributed by atoms with van der Waals surface area (Å²) in [6.45, 7) is 3.44. The SMILES string of the molecule is CC1(C)CN(Cc2ccc(C3CC3)cc2)C(=O)C(C(=O)NCC(=O)O)=C1O. The number of aliphatic hydroxyl groups is 1. The number of carboxylic acid groups (broad SMARTS) is 1. The van der Waals surface area contributed by atoms with Crippen LogP contribution in [-0.2, 0) is 20.9 Å². The van der Waals surface area contributed by atoms with Gasteiger partial charge in [0.25, 0.3) is 11.8 Å². The maximum Gasteiger partial charge on any atom is 0.322 e. The lowest BCUT2D eigenvalue weighted by molar-refractivity contribution is -0.139. The summed E-state index contributed by atoms with van der Waals surface area (Å²) in [6.07, 6.45) is 2.44. The Kier molecular flexibility index (Phi) is 4.95. The summed E-state index contributed by atoms with van der Waals surface area (Å²) in [6, 6.07) is 8.10. The lowest BCUT2D eigenvalue weighted by Crippen LogP contribution is -2.49. The Morgan fingerprint density at radius 3 is 2.41 bits per heavy atom. The van der Waals surface area contributed by atoms with Crippen LogP contribution in [0, 0.1) is 5.41 Å². The predicted molar refractivity (Wildman–Crippen MR) is 97.9 cm³/mol. The number of aliphatic carboxylic acids is 1. The number of benzene rings is 1. The van der Waals surface area contributed by atoms with Crippen molar-refractivity contribution in [1.29, 1.82) is 0 Å². The first-order valence-corrected chi connectivity index (χ1v) is 9.01. The van der Waals surface area contributed by atoms with E-state index >= 15 is 0 Å². The minimum atomic E-state index is -1.22. The van der Waals surface area contributed by atoms with Gasteiger partial charge in [-0.2, -0.15) is 0 Å². The topological polar surface area (TPSA) is 107 Å². The molecule has 144 valence electrons. The van der Waals surface area contributed by atoms with E-state index in [2.05, 4.69) is 17.4 Å². The molecule has 1 aromatic rings. The molecule has 3 rings (SSSR count). The zero-order chi connectivity index (χ0) is 19.8. The van der Waals surface area contributed by atoms with Crippen LogP contribution in [0.25, 0.3) is 0 Å². The van der Waals surface area contributed by atoms with Crippen molar-refractivity contribution in [2.45, 2.75) is 39.2 Å². The summed E-state index contributed by atoms with van der Waals surface area (Å²) in [5.74, 6) is -2.35. The molecule has 0 spiro atoms. The van der Waals surface area contributed by atoms with E-state index in [1.165, 1.54) is 23.3 Å². The molecule has 1 aromatic carbocycles. The highest BCUT2D eigenvalue weighted by Crippen LogP contribution is 2.40. The van der Waals surface area contributed by atoms with Crippen LogP contribution in [0.15, 0.2) is 35.6 Å². The standard InChI is InChI=1S/C20H24N2O5/c1-20(2)11-22(10-12-3-5-13(6-4-12)14-7-8-14)19(27)16(17(20)25)18(26)21-9-15(23)24/h3-6,14,25H,7-11H2,1-2H3,(H,21,26)(H,23,24). The Labute approximate surface area is 157 Å². The maximum absolute atomic E-state index is 12.8. The second-order valence-electron chi connectivity index (χ2n) is 7.86. The maximum atomic E-state index is 12.8. The number of carboxylic acids is 1. The number of nitrogens with zero attached hydrogens (tertiary/aromatic N) is 1. The largest absolute Gasteiger partial charge is 0.511 e. The van der Waals surface area contributed by atoms with E-state index in [1.54, 1.807) is 13.8 Å². The average molecular weight is 372 g/mol. The van der Waals surface area contributed by atoms with Gasteiger partial charge < -0.3 is 20.4 Å². The van der Waals surface area contributed by atoms with Gasteiger partial charge in [0.15, 0.2) is 0 Å². The van der Waals surface area contributed by atoms with Crippen molar-refractivity contribution in [3.05, 3.63) is 46.7 Å². The van der Waals surface area contributed by atoms with E-state index in [0.29, 0.717) is 12.5 Å². The molecule has 1 heterocycles. The Bertz CT molecular complexity index is 806. The number of amides is 2. The Morgan fingerprint density at radius 2 is 1.85 bits per heavy atom. The van der Waals surface area contributed by atoms with E-state index in [1.807, 2.05) is 12.1 Å². The fourth-order valence-electron chi connectivity index (χ4n) is 3.33. The molecule has 1 saturated carbocycles. The summed E-state index contributed by atoms with van der Waals surface area (Å²) >= 11 is 0. The van der Waals surface area contributed by atoms with Crippen LogP contribution < -0.4 is 5.32 Å². The fraction of sp³-hybridized carbons (Fsp3) is 0.450. The number of rotatable bonds is 6. The Balaban J connectivity index is 1.79. The first kappa shape index (κ1) is 18.9. The van der Waals surface area contributed by atoms with Gasteiger partial charge in [-0.3, -0.25) is 14.4 Å². The molecule has 0 unspecified atom stereocenters. The molecule has 2 amide bonds. The van der Waals surface area contributed by atoms with Gasteiger partial charge in [-0.15, -0.1) is 0 Å². The van der Waals surface area contributed by atoms with Crippen LogP contribution in [0.5, 0.6) is 0 Å². The van der Waals surface area contributed by atoms with Crippen molar-refractivity contribution in [2.24, 2.45) is 5.41 Å². The van der Waals surface area contributed by atoms with Gasteiger partial charge in [0, 0.05) is 18.5 Å². The molecule has 27 heavy (non-hydrogen) atoms. The van der Waals surface area contributed by atoms with Crippen LogP contribution in [0.4, 0.5) is 0 Å². The highest BCUT2D eigenvalue weighted by Gasteiger charge is 2.42. The summed E-state index contributed by atoms with van der Waals surface area (Å²) in [4.78, 5) is 37.3. The first-order chi connectivity index (χ1) is 12.7. The quantitative estimate of drug-likeness (QED) is 0.662. The lowest BCUT2D eigenvalue weighted by Gasteiger charge is -2.38. The number of carbonyl (C=O) groups excluding carboxylic acids is 2. The molecule has 2 aliphatic rings. The third kappa shape index (κ3) is 4.13. The van der Waals surface area contributed by atoms with Gasteiger partial charge in [-0.1, -0.05) is 38.1 Å². The zero-order valence-electron chi connectivity index (χ0n) is 15.5. The molecule has 0 aromatic heterocycles. The minimum Gasteiger partial charge on any atom is -0.511 e. The molecule has 7 heteroatoms. The molecule has 1 aliphatic heterocycles. The number of hydrogen-bond donors (Lipinski definition) is 3. The van der Waals surface area contributed by atoms with Crippen LogP contribution in [-0.4, -0.2) is 46.0 Å². The molecular formula is C20H24N2O5. The second-order valence-corrected chi connectivity index (χ2v) is 7.86. The third-order valence-corrected chi connectivity index (χ3v) is 4.99. The highest BCUT2D eigenvalue weighted by molar-refractivity contribution is 6.19. The van der Waals surface area contributed by atoms with E-state index in [9.17, 15) is 19.5 Å². The van der Waals surface area contributed by atoms with Crippen molar-refractivity contribution in [3.63, 3.8) is 0 Å². The van der Waals surface area contributed by atoms with Crippen molar-refractivity contribution in [1.82, 2.24) is 10.2 Å². The van der Waals surface area contributed by atoms with Crippen molar-refractivity contribution in [3.8, 4) is 0 Å². The number of nitrogens with one attached hydrogen (secondary N) is 1. The van der Waals surface area contributed by atoms with E-state index in [0.717, 1.165) is 5.56 Å². The second kappa shape index (κ2) is 7.06. The smallest absolute Gasteiger partial charge is 0.322 e. The summed E-state index contributed by atoms with van der Waals surface area (Å²) in [7, 11) is 0. The molecule has 0 radical (unpaired) electrons. The monoisotopic (exact) mass is 372 g/mol. The average Bonchev–Trinajstić information content (AvgIpc) is 3.44. The number of aliphatic hydroxyl groups excluding tert-OH is 1. The van der Waals surface area contributed by atoms with E-state index in [-0.39, 0.29) is 17.9 Å². The molecule has 7 nitrogen and oxygen atoms in total. The van der Waals surface area contributed by atoms with Crippen LogP contribution in [0.1, 0.15) is 43.7 Å². The molecule has 1 aliphatic carbocycles. The molecule has 0 saturated heterocycles. The van der Waals surface area contributed by atoms with Gasteiger partial charge in [-0.05, 0) is 29.9 Å².